The van der Waals surface area contributed by atoms with Crippen molar-refractivity contribution in [1.82, 2.24) is 0 Å². The highest BCUT2D eigenvalue weighted by molar-refractivity contribution is 5.91. The monoisotopic (exact) mass is 166 g/mol. The molecular formula is C9H10O3. The lowest BCUT2D eigenvalue weighted by atomic mass is 9.80. The molecule has 1 aliphatic carbocycles. The Morgan fingerprint density at radius 2 is 2.25 bits per heavy atom. The van der Waals surface area contributed by atoms with Crippen LogP contribution in [0.1, 0.15) is 19.3 Å². The zero-order chi connectivity index (χ0) is 8.55. The van der Waals surface area contributed by atoms with Gasteiger partial charge in [0, 0.05) is 6.42 Å². The molecule has 2 unspecified atom stereocenters. The molecule has 1 heterocycles. The summed E-state index contributed by atoms with van der Waals surface area (Å²) in [4.78, 5) is 22.0. The van der Waals surface area contributed by atoms with Gasteiger partial charge in [0.1, 0.15) is 0 Å². The van der Waals surface area contributed by atoms with Gasteiger partial charge < -0.3 is 4.74 Å². The molecule has 1 aliphatic heterocycles. The van der Waals surface area contributed by atoms with E-state index in [1.807, 2.05) is 12.2 Å². The molecular weight excluding hydrogens is 156 g/mol. The second-order valence-electron chi connectivity index (χ2n) is 3.29. The highest BCUT2D eigenvalue weighted by atomic mass is 16.6. The minimum absolute atomic E-state index is 0.156. The number of carbonyl (C=O) groups is 2. The predicted molar refractivity (Wildman–Crippen MR) is 41.1 cm³/mol. The van der Waals surface area contributed by atoms with Crippen LogP contribution in [-0.4, -0.2) is 11.9 Å². The Kier molecular flexibility index (Phi) is 1.71. The van der Waals surface area contributed by atoms with Crippen LogP contribution in [0.3, 0.4) is 0 Å². The molecule has 2 rings (SSSR count). The maximum absolute atomic E-state index is 11.1. The average molecular weight is 166 g/mol. The van der Waals surface area contributed by atoms with Crippen LogP contribution in [0, 0.1) is 11.8 Å². The number of rotatable bonds is 0. The standard InChI is InChI=1S/C9H10O3/c10-8-5-6-3-1-2-4-7(6)9(11)12-8/h2,4,6-7H,1,3,5H2. The van der Waals surface area contributed by atoms with E-state index in [2.05, 4.69) is 4.74 Å². The summed E-state index contributed by atoms with van der Waals surface area (Å²) in [6.07, 6.45) is 6.16. The summed E-state index contributed by atoms with van der Waals surface area (Å²) < 4.78 is 4.53. The van der Waals surface area contributed by atoms with Crippen LogP contribution in [0.5, 0.6) is 0 Å². The van der Waals surface area contributed by atoms with Gasteiger partial charge in [-0.3, -0.25) is 9.59 Å². The fourth-order valence-electron chi connectivity index (χ4n) is 1.83. The minimum atomic E-state index is -0.368. The largest absolute Gasteiger partial charge is 0.393 e. The molecule has 1 fully saturated rings. The Morgan fingerprint density at radius 1 is 1.42 bits per heavy atom. The fraction of sp³-hybridized carbons (Fsp3) is 0.556. The summed E-state index contributed by atoms with van der Waals surface area (Å²) in [5.74, 6) is -0.691. The van der Waals surface area contributed by atoms with Crippen molar-refractivity contribution in [1.29, 1.82) is 0 Å². The topological polar surface area (TPSA) is 43.4 Å². The van der Waals surface area contributed by atoms with Crippen LogP contribution >= 0.6 is 0 Å². The molecule has 0 saturated carbocycles. The highest BCUT2D eigenvalue weighted by Gasteiger charge is 2.36. The number of allylic oxidation sites excluding steroid dienone is 1. The first kappa shape index (κ1) is 7.53. The molecule has 0 aromatic rings. The third kappa shape index (κ3) is 1.15. The van der Waals surface area contributed by atoms with Gasteiger partial charge in [0.05, 0.1) is 5.92 Å². The molecule has 0 amide bonds. The molecule has 0 spiro atoms. The van der Waals surface area contributed by atoms with Crippen molar-refractivity contribution in [2.24, 2.45) is 11.8 Å². The van der Waals surface area contributed by atoms with Gasteiger partial charge in [-0.05, 0) is 18.8 Å². The van der Waals surface area contributed by atoms with E-state index in [9.17, 15) is 9.59 Å². The second-order valence-corrected chi connectivity index (χ2v) is 3.29. The summed E-state index contributed by atoms with van der Waals surface area (Å²) in [7, 11) is 0. The van der Waals surface area contributed by atoms with E-state index in [4.69, 9.17) is 0 Å². The molecule has 64 valence electrons. The first-order valence-electron chi connectivity index (χ1n) is 4.18. The Labute approximate surface area is 70.4 Å². The zero-order valence-corrected chi connectivity index (χ0v) is 6.66. The SMILES string of the molecule is O=C1CC2CCC=CC2C(=O)O1. The molecule has 12 heavy (non-hydrogen) atoms. The van der Waals surface area contributed by atoms with E-state index >= 15 is 0 Å². The van der Waals surface area contributed by atoms with Crippen molar-refractivity contribution in [3.63, 3.8) is 0 Å². The van der Waals surface area contributed by atoms with E-state index < -0.39 is 0 Å². The summed E-state index contributed by atoms with van der Waals surface area (Å²) in [6, 6.07) is 0. The van der Waals surface area contributed by atoms with Crippen LogP contribution in [0.25, 0.3) is 0 Å². The van der Waals surface area contributed by atoms with E-state index in [0.29, 0.717) is 6.42 Å². The van der Waals surface area contributed by atoms with Crippen molar-refractivity contribution < 1.29 is 14.3 Å². The second kappa shape index (κ2) is 2.73. The number of carbonyl (C=O) groups excluding carboxylic acids is 2. The van der Waals surface area contributed by atoms with Crippen LogP contribution in [0.4, 0.5) is 0 Å². The van der Waals surface area contributed by atoms with Crippen molar-refractivity contribution in [3.8, 4) is 0 Å². The Balaban J connectivity index is 2.20. The molecule has 0 radical (unpaired) electrons. The minimum Gasteiger partial charge on any atom is -0.393 e. The van der Waals surface area contributed by atoms with Crippen LogP contribution in [-0.2, 0) is 14.3 Å². The first-order chi connectivity index (χ1) is 5.77. The van der Waals surface area contributed by atoms with Gasteiger partial charge in [0.15, 0.2) is 0 Å². The van der Waals surface area contributed by atoms with Gasteiger partial charge >= 0.3 is 11.9 Å². The third-order valence-electron chi connectivity index (χ3n) is 2.47. The normalized spacial score (nSPS) is 34.3. The van der Waals surface area contributed by atoms with Gasteiger partial charge in [-0.15, -0.1) is 0 Å². The lowest BCUT2D eigenvalue weighted by Gasteiger charge is -2.28. The summed E-state index contributed by atoms with van der Waals surface area (Å²) >= 11 is 0. The molecule has 0 aromatic heterocycles. The van der Waals surface area contributed by atoms with Crippen LogP contribution in [0.15, 0.2) is 12.2 Å². The molecule has 3 nitrogen and oxygen atoms in total. The summed E-state index contributed by atoms with van der Waals surface area (Å²) in [5, 5.41) is 0. The van der Waals surface area contributed by atoms with Gasteiger partial charge in [-0.1, -0.05) is 12.2 Å². The Bertz CT molecular complexity index is 254. The van der Waals surface area contributed by atoms with Gasteiger partial charge in [-0.25, -0.2) is 0 Å². The number of hydrogen-bond acceptors (Lipinski definition) is 3. The Hall–Kier alpha value is -1.12. The molecule has 2 aliphatic rings. The van der Waals surface area contributed by atoms with E-state index in [0.717, 1.165) is 12.8 Å². The molecule has 1 saturated heterocycles. The van der Waals surface area contributed by atoms with Crippen molar-refractivity contribution >= 4 is 11.9 Å². The average Bonchev–Trinajstić information content (AvgIpc) is 2.04. The van der Waals surface area contributed by atoms with E-state index in [-0.39, 0.29) is 23.8 Å². The third-order valence-corrected chi connectivity index (χ3v) is 2.47. The zero-order valence-electron chi connectivity index (χ0n) is 6.66. The Morgan fingerprint density at radius 3 is 3.08 bits per heavy atom. The lowest BCUT2D eigenvalue weighted by Crippen LogP contribution is -2.35. The van der Waals surface area contributed by atoms with E-state index in [1.165, 1.54) is 0 Å². The summed E-state index contributed by atoms with van der Waals surface area (Å²) in [6.45, 7) is 0. The number of ether oxygens (including phenoxy) is 1. The number of fused-ring (bicyclic) bond motifs is 1. The van der Waals surface area contributed by atoms with Gasteiger partial charge in [0.2, 0.25) is 0 Å². The van der Waals surface area contributed by atoms with Crippen LogP contribution in [0.2, 0.25) is 0 Å². The van der Waals surface area contributed by atoms with E-state index in [1.54, 1.807) is 0 Å². The van der Waals surface area contributed by atoms with Crippen molar-refractivity contribution in [2.75, 3.05) is 0 Å². The van der Waals surface area contributed by atoms with Crippen molar-refractivity contribution in [3.05, 3.63) is 12.2 Å². The highest BCUT2D eigenvalue weighted by Crippen LogP contribution is 2.32. The lowest BCUT2D eigenvalue weighted by molar-refractivity contribution is -0.169. The number of cyclic esters (lactones) is 2. The predicted octanol–water partition coefficient (Wildman–Crippen LogP) is 1.04. The maximum Gasteiger partial charge on any atom is 0.320 e. The molecule has 0 aromatic carbocycles. The van der Waals surface area contributed by atoms with Gasteiger partial charge in [0.25, 0.3) is 0 Å². The quantitative estimate of drug-likeness (QED) is 0.307. The first-order valence-corrected chi connectivity index (χ1v) is 4.18. The molecule has 0 N–H and O–H groups in total. The van der Waals surface area contributed by atoms with Gasteiger partial charge in [-0.2, -0.15) is 0 Å². The smallest absolute Gasteiger partial charge is 0.320 e. The number of esters is 2. The molecule has 3 heteroatoms. The van der Waals surface area contributed by atoms with Crippen LogP contribution < -0.4 is 0 Å². The van der Waals surface area contributed by atoms with Crippen molar-refractivity contribution in [2.45, 2.75) is 19.3 Å². The molecule has 2 atom stereocenters. The number of hydrogen-bond donors (Lipinski definition) is 0. The fourth-order valence-corrected chi connectivity index (χ4v) is 1.83. The molecule has 0 bridgehead atoms. The summed E-state index contributed by atoms with van der Waals surface area (Å²) in [5.41, 5.74) is 0. The maximum atomic E-state index is 11.1.